The lowest BCUT2D eigenvalue weighted by atomic mass is 10.1. The molecule has 0 heterocycles. The Hall–Kier alpha value is -2.70. The topological polar surface area (TPSA) is 85.9 Å². The highest BCUT2D eigenvalue weighted by Crippen LogP contribution is 2.35. The first-order valence-corrected chi connectivity index (χ1v) is 7.62. The fraction of sp³-hybridized carbons (Fsp3) is 0.412. The molecule has 2 rings (SSSR count). The van der Waals surface area contributed by atoms with Crippen molar-refractivity contribution in [2.24, 2.45) is 0 Å². The molecule has 1 aliphatic rings. The smallest absolute Gasteiger partial charge is 0.244 e. The average Bonchev–Trinajstić information content (AvgIpc) is 3.41. The molecule has 24 heavy (non-hydrogen) atoms. The number of ether oxygens (including phenoxy) is 3. The number of carbonyl (C=O) groups excluding carboxylic acids is 2. The molecule has 130 valence electrons. The monoisotopic (exact) mass is 334 g/mol. The quantitative estimate of drug-likeness (QED) is 0.696. The van der Waals surface area contributed by atoms with Gasteiger partial charge in [0, 0.05) is 23.7 Å². The van der Waals surface area contributed by atoms with Crippen molar-refractivity contribution in [1.82, 2.24) is 10.6 Å². The minimum atomic E-state index is -0.363. The molecule has 0 bridgehead atoms. The number of hydrogen-bond acceptors (Lipinski definition) is 5. The average molecular weight is 334 g/mol. The van der Waals surface area contributed by atoms with Crippen LogP contribution in [0.1, 0.15) is 18.4 Å². The maximum absolute atomic E-state index is 11.8. The number of carbonyl (C=O) groups is 2. The largest absolute Gasteiger partial charge is 0.496 e. The zero-order valence-electron chi connectivity index (χ0n) is 14.0. The second-order valence-corrected chi connectivity index (χ2v) is 5.34. The van der Waals surface area contributed by atoms with Crippen molar-refractivity contribution in [2.45, 2.75) is 18.9 Å². The summed E-state index contributed by atoms with van der Waals surface area (Å²) < 4.78 is 15.7. The Morgan fingerprint density at radius 2 is 1.71 bits per heavy atom. The Balaban J connectivity index is 1.98. The summed E-state index contributed by atoms with van der Waals surface area (Å²) in [6.45, 7) is -0.0389. The third-order valence-corrected chi connectivity index (χ3v) is 3.52. The van der Waals surface area contributed by atoms with Crippen molar-refractivity contribution < 1.29 is 23.8 Å². The molecule has 2 amide bonds. The van der Waals surface area contributed by atoms with Crippen molar-refractivity contribution in [1.29, 1.82) is 0 Å². The van der Waals surface area contributed by atoms with Gasteiger partial charge in [0.2, 0.25) is 11.8 Å². The van der Waals surface area contributed by atoms with E-state index in [4.69, 9.17) is 14.2 Å². The van der Waals surface area contributed by atoms with Crippen LogP contribution in [-0.2, 0) is 9.59 Å². The lowest BCUT2D eigenvalue weighted by Crippen LogP contribution is -2.37. The summed E-state index contributed by atoms with van der Waals surface area (Å²) in [5.41, 5.74) is 0.660. The third kappa shape index (κ3) is 4.91. The first kappa shape index (κ1) is 17.7. The van der Waals surface area contributed by atoms with Crippen molar-refractivity contribution in [3.05, 3.63) is 23.8 Å². The fourth-order valence-electron chi connectivity index (χ4n) is 2.08. The molecular weight excluding hydrogens is 312 g/mol. The maximum atomic E-state index is 11.8. The molecule has 1 aliphatic carbocycles. The summed E-state index contributed by atoms with van der Waals surface area (Å²) in [6, 6.07) is 3.67. The van der Waals surface area contributed by atoms with E-state index in [0.717, 1.165) is 12.8 Å². The normalized spacial score (nSPS) is 13.5. The van der Waals surface area contributed by atoms with Gasteiger partial charge in [-0.05, 0) is 25.0 Å². The Morgan fingerprint density at radius 1 is 1.08 bits per heavy atom. The minimum absolute atomic E-state index is 0.0389. The highest BCUT2D eigenvalue weighted by Gasteiger charge is 2.22. The number of hydrogen-bond donors (Lipinski definition) is 2. The first-order valence-electron chi connectivity index (χ1n) is 7.62. The van der Waals surface area contributed by atoms with Gasteiger partial charge in [0.1, 0.15) is 5.75 Å². The Labute approximate surface area is 141 Å². The van der Waals surface area contributed by atoms with Gasteiger partial charge in [-0.15, -0.1) is 0 Å². The summed E-state index contributed by atoms with van der Waals surface area (Å²) in [4.78, 5) is 23.4. The van der Waals surface area contributed by atoms with Crippen molar-refractivity contribution in [3.63, 3.8) is 0 Å². The molecule has 2 N–H and O–H groups in total. The molecule has 0 radical (unpaired) electrons. The number of methoxy groups -OCH3 is 3. The van der Waals surface area contributed by atoms with E-state index in [0.29, 0.717) is 22.8 Å². The fourth-order valence-corrected chi connectivity index (χ4v) is 2.08. The summed E-state index contributed by atoms with van der Waals surface area (Å²) in [5, 5.41) is 5.34. The molecule has 0 spiro atoms. The molecular formula is C17H22N2O5. The van der Waals surface area contributed by atoms with Crippen LogP contribution in [0.25, 0.3) is 6.08 Å². The van der Waals surface area contributed by atoms with E-state index in [1.165, 1.54) is 27.4 Å². The van der Waals surface area contributed by atoms with Crippen LogP contribution < -0.4 is 24.8 Å². The van der Waals surface area contributed by atoms with Gasteiger partial charge >= 0.3 is 0 Å². The van der Waals surface area contributed by atoms with Crippen LogP contribution in [0.3, 0.4) is 0 Å². The predicted molar refractivity (Wildman–Crippen MR) is 89.3 cm³/mol. The molecule has 1 aromatic rings. The van der Waals surface area contributed by atoms with E-state index in [-0.39, 0.29) is 24.4 Å². The first-order chi connectivity index (χ1) is 11.6. The molecule has 1 saturated carbocycles. The summed E-state index contributed by atoms with van der Waals surface area (Å²) in [7, 11) is 4.59. The highest BCUT2D eigenvalue weighted by atomic mass is 16.5. The zero-order valence-corrected chi connectivity index (χ0v) is 14.0. The predicted octanol–water partition coefficient (Wildman–Crippen LogP) is 1.12. The second kappa shape index (κ2) is 8.24. The van der Waals surface area contributed by atoms with Crippen LogP contribution >= 0.6 is 0 Å². The molecule has 0 saturated heterocycles. The van der Waals surface area contributed by atoms with Gasteiger partial charge < -0.3 is 24.8 Å². The number of benzene rings is 1. The van der Waals surface area contributed by atoms with Gasteiger partial charge in [-0.2, -0.15) is 0 Å². The summed E-state index contributed by atoms with van der Waals surface area (Å²) in [5.74, 6) is 1.07. The standard InChI is InChI=1S/C17H22N2O5/c1-22-13-9-15(24-3)14(23-2)8-11(13)4-7-16(20)18-10-17(21)19-12-5-6-12/h4,7-9,12H,5-6,10H2,1-3H3,(H,18,20)(H,19,21)/b7-4+. The van der Waals surface area contributed by atoms with E-state index in [9.17, 15) is 9.59 Å². The van der Waals surface area contributed by atoms with Gasteiger partial charge in [0.25, 0.3) is 0 Å². The molecule has 0 aliphatic heterocycles. The van der Waals surface area contributed by atoms with Gasteiger partial charge in [-0.25, -0.2) is 0 Å². The van der Waals surface area contributed by atoms with Gasteiger partial charge in [0.15, 0.2) is 11.5 Å². The van der Waals surface area contributed by atoms with Gasteiger partial charge in [-0.3, -0.25) is 9.59 Å². The van der Waals surface area contributed by atoms with Crippen LogP contribution in [-0.4, -0.2) is 45.7 Å². The number of nitrogens with one attached hydrogen (secondary N) is 2. The van der Waals surface area contributed by atoms with Crippen molar-refractivity contribution in [2.75, 3.05) is 27.9 Å². The Bertz CT molecular complexity index is 638. The lowest BCUT2D eigenvalue weighted by molar-refractivity contribution is -0.124. The van der Waals surface area contributed by atoms with E-state index in [1.807, 2.05) is 0 Å². The second-order valence-electron chi connectivity index (χ2n) is 5.34. The molecule has 0 unspecified atom stereocenters. The minimum Gasteiger partial charge on any atom is -0.496 e. The van der Waals surface area contributed by atoms with Crippen LogP contribution in [0.15, 0.2) is 18.2 Å². The molecule has 1 fully saturated rings. The van der Waals surface area contributed by atoms with Crippen molar-refractivity contribution in [3.8, 4) is 17.2 Å². The number of amides is 2. The van der Waals surface area contributed by atoms with E-state index < -0.39 is 0 Å². The van der Waals surface area contributed by atoms with Crippen LogP contribution in [0.5, 0.6) is 17.2 Å². The maximum Gasteiger partial charge on any atom is 0.244 e. The van der Waals surface area contributed by atoms with E-state index >= 15 is 0 Å². The van der Waals surface area contributed by atoms with Crippen LogP contribution in [0, 0.1) is 0 Å². The van der Waals surface area contributed by atoms with E-state index in [1.54, 1.807) is 18.2 Å². The van der Waals surface area contributed by atoms with E-state index in [2.05, 4.69) is 10.6 Å². The SMILES string of the molecule is COc1cc(OC)c(OC)cc1/C=C/C(=O)NCC(=O)NC1CC1. The van der Waals surface area contributed by atoms with Crippen molar-refractivity contribution >= 4 is 17.9 Å². The molecule has 7 heteroatoms. The molecule has 7 nitrogen and oxygen atoms in total. The third-order valence-electron chi connectivity index (χ3n) is 3.52. The lowest BCUT2D eigenvalue weighted by Gasteiger charge is -2.12. The van der Waals surface area contributed by atoms with Gasteiger partial charge in [-0.1, -0.05) is 0 Å². The molecule has 1 aromatic carbocycles. The van der Waals surface area contributed by atoms with Crippen LogP contribution in [0.4, 0.5) is 0 Å². The molecule has 0 atom stereocenters. The van der Waals surface area contributed by atoms with Crippen LogP contribution in [0.2, 0.25) is 0 Å². The molecule has 0 aromatic heterocycles. The Kier molecular flexibility index (Phi) is 6.06. The summed E-state index contributed by atoms with van der Waals surface area (Å²) >= 11 is 0. The number of rotatable bonds is 8. The highest BCUT2D eigenvalue weighted by molar-refractivity contribution is 5.94. The zero-order chi connectivity index (χ0) is 17.5. The van der Waals surface area contributed by atoms with Gasteiger partial charge in [0.05, 0.1) is 27.9 Å². The Morgan fingerprint density at radius 3 is 2.29 bits per heavy atom. The summed E-state index contributed by atoms with van der Waals surface area (Å²) in [6.07, 6.45) is 4.96.